The molecule has 0 aromatic carbocycles. The topological polar surface area (TPSA) is 72.0 Å². The minimum absolute atomic E-state index is 0.538. The number of ether oxygens (including phenoxy) is 1. The third kappa shape index (κ3) is 3.92. The first-order valence-corrected chi connectivity index (χ1v) is 7.34. The first-order chi connectivity index (χ1) is 9.72. The van der Waals surface area contributed by atoms with Crippen LogP contribution in [0.25, 0.3) is 0 Å². The number of aromatic nitrogens is 3. The van der Waals surface area contributed by atoms with Gasteiger partial charge in [0.25, 0.3) is 0 Å². The molecule has 0 bridgehead atoms. The molecule has 0 saturated carbocycles. The summed E-state index contributed by atoms with van der Waals surface area (Å²) in [5.74, 6) is 1.95. The van der Waals surface area contributed by atoms with Crippen molar-refractivity contribution in [2.24, 2.45) is 0 Å². The van der Waals surface area contributed by atoms with E-state index < -0.39 is 0 Å². The van der Waals surface area contributed by atoms with E-state index in [1.165, 1.54) is 0 Å². The van der Waals surface area contributed by atoms with E-state index in [4.69, 9.17) is 4.74 Å². The lowest BCUT2D eigenvalue weighted by atomic mass is 10.4. The molecule has 0 unspecified atom stereocenters. The number of hydrogen-bond acceptors (Lipinski definition) is 6. The van der Waals surface area contributed by atoms with Gasteiger partial charge in [0.15, 0.2) is 0 Å². The van der Waals surface area contributed by atoms with E-state index in [1.54, 1.807) is 25.6 Å². The van der Waals surface area contributed by atoms with Gasteiger partial charge in [-0.05, 0) is 35.1 Å². The standard InChI is InChI=1S/C13H16IN5O/c1-3-6-15-12-10(14)8-17-13(19-12)18-9-4-5-11(20-2)16-7-9/h4-5,7-8H,3,6H2,1-2H3,(H2,15,17,18,19). The summed E-state index contributed by atoms with van der Waals surface area (Å²) in [5.41, 5.74) is 0.813. The molecule has 2 aromatic rings. The van der Waals surface area contributed by atoms with Gasteiger partial charge in [-0.25, -0.2) is 9.97 Å². The number of halogens is 1. The number of rotatable bonds is 6. The summed E-state index contributed by atoms with van der Waals surface area (Å²) in [7, 11) is 1.59. The smallest absolute Gasteiger partial charge is 0.229 e. The van der Waals surface area contributed by atoms with Gasteiger partial charge < -0.3 is 15.4 Å². The summed E-state index contributed by atoms with van der Waals surface area (Å²) in [6, 6.07) is 3.65. The van der Waals surface area contributed by atoms with Crippen LogP contribution in [0.5, 0.6) is 5.88 Å². The van der Waals surface area contributed by atoms with Gasteiger partial charge >= 0.3 is 0 Å². The van der Waals surface area contributed by atoms with Crippen LogP contribution in [0.3, 0.4) is 0 Å². The summed E-state index contributed by atoms with van der Waals surface area (Å²) in [5, 5.41) is 6.39. The third-order valence-electron chi connectivity index (χ3n) is 2.49. The number of nitrogens with one attached hydrogen (secondary N) is 2. The number of hydrogen-bond donors (Lipinski definition) is 2. The Kier molecular flexibility index (Phi) is 5.33. The lowest BCUT2D eigenvalue weighted by molar-refractivity contribution is 0.398. The number of nitrogens with zero attached hydrogens (tertiary/aromatic N) is 3. The van der Waals surface area contributed by atoms with Crippen LogP contribution in [0, 0.1) is 3.57 Å². The molecule has 0 atom stereocenters. The van der Waals surface area contributed by atoms with Crippen molar-refractivity contribution < 1.29 is 4.74 Å². The third-order valence-corrected chi connectivity index (χ3v) is 3.28. The van der Waals surface area contributed by atoms with Gasteiger partial charge in [0.05, 0.1) is 22.6 Å². The molecule has 0 saturated heterocycles. The largest absolute Gasteiger partial charge is 0.481 e. The van der Waals surface area contributed by atoms with E-state index >= 15 is 0 Å². The second kappa shape index (κ2) is 7.22. The van der Waals surface area contributed by atoms with Crippen molar-refractivity contribution in [3.63, 3.8) is 0 Å². The fraction of sp³-hybridized carbons (Fsp3) is 0.308. The molecule has 0 aliphatic rings. The molecule has 106 valence electrons. The molecule has 0 aliphatic heterocycles. The van der Waals surface area contributed by atoms with Gasteiger partial charge in [0.1, 0.15) is 5.82 Å². The summed E-state index contributed by atoms with van der Waals surface area (Å²) in [6.07, 6.45) is 4.51. The lowest BCUT2D eigenvalue weighted by Gasteiger charge is -2.09. The predicted octanol–water partition coefficient (Wildman–Crippen LogP) is 3.05. The average Bonchev–Trinajstić information content (AvgIpc) is 2.48. The lowest BCUT2D eigenvalue weighted by Crippen LogP contribution is -2.07. The predicted molar refractivity (Wildman–Crippen MR) is 87.6 cm³/mol. The van der Waals surface area contributed by atoms with Gasteiger partial charge in [-0.2, -0.15) is 4.98 Å². The zero-order chi connectivity index (χ0) is 14.4. The van der Waals surface area contributed by atoms with E-state index in [0.717, 1.165) is 28.0 Å². The first-order valence-electron chi connectivity index (χ1n) is 6.26. The van der Waals surface area contributed by atoms with Crippen LogP contribution in [0.1, 0.15) is 13.3 Å². The molecule has 0 radical (unpaired) electrons. The van der Waals surface area contributed by atoms with Crippen LogP contribution >= 0.6 is 22.6 Å². The molecule has 7 heteroatoms. The van der Waals surface area contributed by atoms with Crippen molar-refractivity contribution >= 4 is 40.0 Å². The second-order valence-electron chi connectivity index (χ2n) is 4.03. The minimum atomic E-state index is 0.538. The molecule has 0 spiro atoms. The van der Waals surface area contributed by atoms with Gasteiger partial charge in [-0.15, -0.1) is 0 Å². The molecule has 20 heavy (non-hydrogen) atoms. The van der Waals surface area contributed by atoms with E-state index in [2.05, 4.69) is 55.1 Å². The minimum Gasteiger partial charge on any atom is -0.481 e. The van der Waals surface area contributed by atoms with Crippen LogP contribution < -0.4 is 15.4 Å². The van der Waals surface area contributed by atoms with Crippen molar-refractivity contribution in [2.45, 2.75) is 13.3 Å². The Balaban J connectivity index is 2.11. The second-order valence-corrected chi connectivity index (χ2v) is 5.19. The van der Waals surface area contributed by atoms with Crippen LogP contribution in [-0.2, 0) is 0 Å². The highest BCUT2D eigenvalue weighted by Crippen LogP contribution is 2.19. The molecule has 2 N–H and O–H groups in total. The maximum atomic E-state index is 5.02. The molecule has 2 heterocycles. The average molecular weight is 385 g/mol. The molecule has 2 rings (SSSR count). The van der Waals surface area contributed by atoms with Crippen LogP contribution in [0.2, 0.25) is 0 Å². The first kappa shape index (κ1) is 14.8. The Labute approximate surface area is 131 Å². The highest BCUT2D eigenvalue weighted by molar-refractivity contribution is 14.1. The Hall–Kier alpha value is -1.64. The van der Waals surface area contributed by atoms with Crippen molar-refractivity contribution in [3.05, 3.63) is 28.1 Å². The summed E-state index contributed by atoms with van der Waals surface area (Å²) in [4.78, 5) is 12.8. The fourth-order valence-corrected chi connectivity index (χ4v) is 1.95. The number of methoxy groups -OCH3 is 1. The summed E-state index contributed by atoms with van der Waals surface area (Å²) >= 11 is 2.21. The maximum Gasteiger partial charge on any atom is 0.229 e. The summed E-state index contributed by atoms with van der Waals surface area (Å²) < 4.78 is 6.01. The van der Waals surface area contributed by atoms with Crippen LogP contribution in [0.4, 0.5) is 17.5 Å². The van der Waals surface area contributed by atoms with Crippen LogP contribution in [-0.4, -0.2) is 28.6 Å². The van der Waals surface area contributed by atoms with Gasteiger partial charge in [0.2, 0.25) is 11.8 Å². The van der Waals surface area contributed by atoms with Gasteiger partial charge in [0, 0.05) is 18.8 Å². The van der Waals surface area contributed by atoms with E-state index in [-0.39, 0.29) is 0 Å². The SMILES string of the molecule is CCCNc1nc(Nc2ccc(OC)nc2)ncc1I. The Morgan fingerprint density at radius 3 is 2.75 bits per heavy atom. The molecule has 0 fully saturated rings. The van der Waals surface area contributed by atoms with E-state index in [0.29, 0.717) is 11.8 Å². The molecule has 2 aromatic heterocycles. The zero-order valence-electron chi connectivity index (χ0n) is 11.4. The molecular weight excluding hydrogens is 369 g/mol. The molecule has 0 aliphatic carbocycles. The molecule has 6 nitrogen and oxygen atoms in total. The Bertz CT molecular complexity index is 561. The van der Waals surface area contributed by atoms with E-state index in [1.807, 2.05) is 6.07 Å². The van der Waals surface area contributed by atoms with Crippen molar-refractivity contribution in [1.29, 1.82) is 0 Å². The highest BCUT2D eigenvalue weighted by atomic mass is 127. The van der Waals surface area contributed by atoms with Gasteiger partial charge in [-0.3, -0.25) is 0 Å². The Morgan fingerprint density at radius 1 is 1.25 bits per heavy atom. The quantitative estimate of drug-likeness (QED) is 0.745. The number of pyridine rings is 1. The zero-order valence-corrected chi connectivity index (χ0v) is 13.5. The van der Waals surface area contributed by atoms with Crippen molar-refractivity contribution in [2.75, 3.05) is 24.3 Å². The molecule has 0 amide bonds. The molecular formula is C13H16IN5O. The monoisotopic (exact) mass is 385 g/mol. The summed E-state index contributed by atoms with van der Waals surface area (Å²) in [6.45, 7) is 3.00. The maximum absolute atomic E-state index is 5.02. The van der Waals surface area contributed by atoms with Gasteiger partial charge in [-0.1, -0.05) is 6.92 Å². The fourth-order valence-electron chi connectivity index (χ4n) is 1.50. The van der Waals surface area contributed by atoms with Crippen molar-refractivity contribution in [3.8, 4) is 5.88 Å². The number of anilines is 3. The Morgan fingerprint density at radius 2 is 2.10 bits per heavy atom. The normalized spacial score (nSPS) is 10.2. The van der Waals surface area contributed by atoms with Crippen molar-refractivity contribution in [1.82, 2.24) is 15.0 Å². The highest BCUT2D eigenvalue weighted by Gasteiger charge is 2.05. The van der Waals surface area contributed by atoms with Crippen LogP contribution in [0.15, 0.2) is 24.5 Å². The van der Waals surface area contributed by atoms with E-state index in [9.17, 15) is 0 Å².